The van der Waals surface area contributed by atoms with E-state index in [1.807, 2.05) is 19.1 Å². The molecule has 3 rings (SSSR count). The molecule has 1 heterocycles. The molecular formula is C16H13FN2O2. The Morgan fingerprint density at radius 2 is 1.67 bits per heavy atom. The molecule has 3 amide bonds. The number of hydrogen-bond acceptors (Lipinski definition) is 2. The van der Waals surface area contributed by atoms with Gasteiger partial charge in [0.15, 0.2) is 0 Å². The number of imide groups is 1. The smallest absolute Gasteiger partial charge is 0.284 e. The molecule has 1 saturated heterocycles. The predicted molar refractivity (Wildman–Crippen MR) is 77.8 cm³/mol. The zero-order valence-corrected chi connectivity index (χ0v) is 11.4. The molecule has 5 heteroatoms. The van der Waals surface area contributed by atoms with Crippen LogP contribution in [0.1, 0.15) is 5.56 Å². The van der Waals surface area contributed by atoms with Crippen molar-refractivity contribution in [2.45, 2.75) is 6.92 Å². The highest BCUT2D eigenvalue weighted by molar-refractivity contribution is 6.26. The average molecular weight is 284 g/mol. The van der Waals surface area contributed by atoms with Gasteiger partial charge in [0.25, 0.3) is 5.91 Å². The first-order chi connectivity index (χ1) is 10.1. The van der Waals surface area contributed by atoms with Gasteiger partial charge in [-0.15, -0.1) is 0 Å². The minimum atomic E-state index is -0.593. The molecule has 0 bridgehead atoms. The molecule has 0 atom stereocenters. The van der Waals surface area contributed by atoms with Crippen LogP contribution in [0.15, 0.2) is 48.5 Å². The van der Waals surface area contributed by atoms with Crippen molar-refractivity contribution in [2.24, 2.45) is 0 Å². The molecule has 1 aliphatic rings. The van der Waals surface area contributed by atoms with Gasteiger partial charge in [0.05, 0.1) is 5.69 Å². The third-order valence-electron chi connectivity index (χ3n) is 3.40. The topological polar surface area (TPSA) is 40.6 Å². The Labute approximate surface area is 121 Å². The van der Waals surface area contributed by atoms with Gasteiger partial charge in [0.2, 0.25) is 0 Å². The Bertz CT molecular complexity index is 712. The molecule has 2 aromatic carbocycles. The number of benzene rings is 2. The lowest BCUT2D eigenvalue weighted by atomic mass is 10.2. The molecule has 4 nitrogen and oxygen atoms in total. The number of carbonyl (C=O) groups excluding carboxylic acids is 2. The molecule has 1 fully saturated rings. The molecule has 0 spiro atoms. The summed E-state index contributed by atoms with van der Waals surface area (Å²) in [6.45, 7) is 1.85. The average Bonchev–Trinajstić information content (AvgIpc) is 2.76. The lowest BCUT2D eigenvalue weighted by molar-refractivity contribution is -0.115. The summed E-state index contributed by atoms with van der Waals surface area (Å²) >= 11 is 0. The number of carbonyl (C=O) groups is 2. The fourth-order valence-electron chi connectivity index (χ4n) is 2.30. The zero-order chi connectivity index (χ0) is 15.0. The summed E-state index contributed by atoms with van der Waals surface area (Å²) < 4.78 is 13.8. The van der Waals surface area contributed by atoms with Gasteiger partial charge in [-0.05, 0) is 31.2 Å². The second-order valence-corrected chi connectivity index (χ2v) is 4.88. The predicted octanol–water partition coefficient (Wildman–Crippen LogP) is 3.11. The van der Waals surface area contributed by atoms with Crippen molar-refractivity contribution < 1.29 is 14.0 Å². The second-order valence-electron chi connectivity index (χ2n) is 4.88. The number of anilines is 2. The zero-order valence-electron chi connectivity index (χ0n) is 11.4. The van der Waals surface area contributed by atoms with Crippen molar-refractivity contribution in [1.29, 1.82) is 0 Å². The number of urea groups is 1. The Kier molecular flexibility index (Phi) is 3.17. The second kappa shape index (κ2) is 5.01. The van der Waals surface area contributed by atoms with E-state index < -0.39 is 17.8 Å². The van der Waals surface area contributed by atoms with Gasteiger partial charge >= 0.3 is 6.03 Å². The van der Waals surface area contributed by atoms with Crippen LogP contribution in [0.5, 0.6) is 0 Å². The normalized spacial score (nSPS) is 15.0. The van der Waals surface area contributed by atoms with Crippen molar-refractivity contribution in [1.82, 2.24) is 0 Å². The standard InChI is InChI=1S/C16H13FN2O2/c1-11-6-8-12(9-7-11)18-10-15(20)19(16(18)21)14-5-3-2-4-13(14)17/h2-9H,10H2,1H3. The summed E-state index contributed by atoms with van der Waals surface area (Å²) in [6, 6.07) is 12.5. The highest BCUT2D eigenvalue weighted by atomic mass is 19.1. The Balaban J connectivity index is 1.96. The highest BCUT2D eigenvalue weighted by Gasteiger charge is 2.39. The van der Waals surface area contributed by atoms with Gasteiger partial charge in [0.1, 0.15) is 12.4 Å². The molecule has 0 saturated carbocycles. The quantitative estimate of drug-likeness (QED) is 0.795. The summed E-state index contributed by atoms with van der Waals surface area (Å²) in [4.78, 5) is 26.7. The fourth-order valence-corrected chi connectivity index (χ4v) is 2.30. The van der Waals surface area contributed by atoms with Gasteiger partial charge in [-0.2, -0.15) is 0 Å². The summed E-state index contributed by atoms with van der Waals surface area (Å²) in [5.74, 6) is -1.03. The van der Waals surface area contributed by atoms with E-state index >= 15 is 0 Å². The Morgan fingerprint density at radius 3 is 2.33 bits per heavy atom. The first kappa shape index (κ1) is 13.3. The number of halogens is 1. The monoisotopic (exact) mass is 284 g/mol. The van der Waals surface area contributed by atoms with Crippen LogP contribution < -0.4 is 9.80 Å². The van der Waals surface area contributed by atoms with E-state index in [1.54, 1.807) is 18.2 Å². The van der Waals surface area contributed by atoms with E-state index in [0.717, 1.165) is 10.5 Å². The molecule has 0 N–H and O–H groups in total. The van der Waals surface area contributed by atoms with E-state index in [-0.39, 0.29) is 12.2 Å². The summed E-state index contributed by atoms with van der Waals surface area (Å²) in [7, 11) is 0. The maximum absolute atomic E-state index is 13.8. The molecule has 0 unspecified atom stereocenters. The van der Waals surface area contributed by atoms with Crippen LogP contribution in [-0.2, 0) is 4.79 Å². The molecule has 0 radical (unpaired) electrons. The van der Waals surface area contributed by atoms with E-state index in [4.69, 9.17) is 0 Å². The largest absolute Gasteiger partial charge is 0.336 e. The van der Waals surface area contributed by atoms with Crippen LogP contribution in [0.3, 0.4) is 0 Å². The number of aryl methyl sites for hydroxylation is 1. The molecule has 0 aliphatic carbocycles. The van der Waals surface area contributed by atoms with Crippen molar-refractivity contribution in [3.05, 3.63) is 59.9 Å². The van der Waals surface area contributed by atoms with E-state index in [9.17, 15) is 14.0 Å². The number of nitrogens with zero attached hydrogens (tertiary/aromatic N) is 2. The third-order valence-corrected chi connectivity index (χ3v) is 3.40. The summed E-state index contributed by atoms with van der Waals surface area (Å²) in [6.07, 6.45) is 0. The lowest BCUT2D eigenvalue weighted by Gasteiger charge is -2.17. The number of hydrogen-bond donors (Lipinski definition) is 0. The molecule has 2 aromatic rings. The fraction of sp³-hybridized carbons (Fsp3) is 0.125. The van der Waals surface area contributed by atoms with Gasteiger partial charge < -0.3 is 0 Å². The van der Waals surface area contributed by atoms with E-state index in [1.165, 1.54) is 23.1 Å². The van der Waals surface area contributed by atoms with Crippen molar-refractivity contribution in [3.63, 3.8) is 0 Å². The minimum absolute atomic E-state index is 0.0119. The van der Waals surface area contributed by atoms with Crippen LogP contribution >= 0.6 is 0 Å². The maximum atomic E-state index is 13.8. The lowest BCUT2D eigenvalue weighted by Crippen LogP contribution is -2.33. The third kappa shape index (κ3) is 2.27. The van der Waals surface area contributed by atoms with Crippen molar-refractivity contribution >= 4 is 23.3 Å². The molecule has 21 heavy (non-hydrogen) atoms. The van der Waals surface area contributed by atoms with Gasteiger partial charge in [0, 0.05) is 5.69 Å². The van der Waals surface area contributed by atoms with Crippen LogP contribution in [0.2, 0.25) is 0 Å². The minimum Gasteiger partial charge on any atom is -0.284 e. The molecule has 106 valence electrons. The van der Waals surface area contributed by atoms with Crippen LogP contribution in [-0.4, -0.2) is 18.5 Å². The summed E-state index contributed by atoms with van der Waals surface area (Å²) in [5, 5.41) is 0. The van der Waals surface area contributed by atoms with Crippen molar-refractivity contribution in [3.8, 4) is 0 Å². The van der Waals surface area contributed by atoms with Crippen molar-refractivity contribution in [2.75, 3.05) is 16.3 Å². The molecule has 0 aromatic heterocycles. The number of rotatable bonds is 2. The van der Waals surface area contributed by atoms with E-state index in [2.05, 4.69) is 0 Å². The van der Waals surface area contributed by atoms with E-state index in [0.29, 0.717) is 5.69 Å². The SMILES string of the molecule is Cc1ccc(N2CC(=O)N(c3ccccc3F)C2=O)cc1. The number of para-hydroxylation sites is 1. The van der Waals surface area contributed by atoms with Crippen LogP contribution in [0, 0.1) is 12.7 Å². The van der Waals surface area contributed by atoms with Crippen LogP contribution in [0.25, 0.3) is 0 Å². The van der Waals surface area contributed by atoms with Gasteiger partial charge in [-0.25, -0.2) is 14.1 Å². The summed E-state index contributed by atoms with van der Waals surface area (Å²) in [5.41, 5.74) is 1.67. The Hall–Kier alpha value is -2.69. The van der Waals surface area contributed by atoms with Crippen LogP contribution in [0.4, 0.5) is 20.6 Å². The highest BCUT2D eigenvalue weighted by Crippen LogP contribution is 2.27. The first-order valence-corrected chi connectivity index (χ1v) is 6.53. The maximum Gasteiger partial charge on any atom is 0.336 e. The first-order valence-electron chi connectivity index (χ1n) is 6.53. The molecular weight excluding hydrogens is 271 g/mol. The van der Waals surface area contributed by atoms with Gasteiger partial charge in [-0.3, -0.25) is 9.69 Å². The molecule has 1 aliphatic heterocycles. The number of amides is 3. The Morgan fingerprint density at radius 1 is 1.00 bits per heavy atom. The van der Waals surface area contributed by atoms with Gasteiger partial charge in [-0.1, -0.05) is 29.8 Å².